The molecule has 2 amide bonds. The van der Waals surface area contributed by atoms with Gasteiger partial charge in [-0.15, -0.1) is 11.3 Å². The van der Waals surface area contributed by atoms with E-state index in [1.165, 1.54) is 11.3 Å². The molecule has 1 fully saturated rings. The van der Waals surface area contributed by atoms with Gasteiger partial charge in [0.15, 0.2) is 0 Å². The van der Waals surface area contributed by atoms with Crippen LogP contribution in [0, 0.1) is 6.92 Å². The molecule has 0 bridgehead atoms. The van der Waals surface area contributed by atoms with E-state index < -0.39 is 5.54 Å². The van der Waals surface area contributed by atoms with Crippen LogP contribution in [-0.4, -0.2) is 35.3 Å². The Morgan fingerprint density at radius 2 is 2.05 bits per heavy atom. The fourth-order valence-corrected chi connectivity index (χ4v) is 3.91. The molecule has 1 aromatic carbocycles. The van der Waals surface area contributed by atoms with Crippen molar-refractivity contribution in [3.05, 3.63) is 34.7 Å². The maximum absolute atomic E-state index is 12.9. The topological polar surface area (TPSA) is 49.4 Å². The van der Waals surface area contributed by atoms with E-state index in [-0.39, 0.29) is 11.8 Å². The number of thiophene rings is 1. The van der Waals surface area contributed by atoms with Gasteiger partial charge < -0.3 is 10.2 Å². The molecule has 2 heterocycles. The van der Waals surface area contributed by atoms with Gasteiger partial charge in [-0.1, -0.05) is 18.2 Å². The molecular formula is C16H18N2O2S. The number of fused-ring (bicyclic) bond motifs is 1. The number of carbonyl (C=O) groups is 2. The minimum Gasteiger partial charge on any atom is -0.352 e. The van der Waals surface area contributed by atoms with E-state index in [4.69, 9.17) is 0 Å². The first-order valence-electron chi connectivity index (χ1n) is 7.01. The van der Waals surface area contributed by atoms with E-state index >= 15 is 0 Å². The van der Waals surface area contributed by atoms with Crippen molar-refractivity contribution >= 4 is 33.2 Å². The third kappa shape index (κ3) is 2.12. The Balaban J connectivity index is 2.04. The Morgan fingerprint density at radius 1 is 1.33 bits per heavy atom. The molecule has 21 heavy (non-hydrogen) atoms. The largest absolute Gasteiger partial charge is 0.352 e. The van der Waals surface area contributed by atoms with Crippen LogP contribution < -0.4 is 5.32 Å². The molecule has 0 spiro atoms. The van der Waals surface area contributed by atoms with Crippen molar-refractivity contribution in [3.8, 4) is 0 Å². The van der Waals surface area contributed by atoms with Crippen LogP contribution in [0.4, 0.5) is 0 Å². The third-order valence-electron chi connectivity index (χ3n) is 4.13. The highest BCUT2D eigenvalue weighted by Crippen LogP contribution is 2.33. The molecule has 3 rings (SSSR count). The Kier molecular flexibility index (Phi) is 3.24. The number of piperazine rings is 1. The lowest BCUT2D eigenvalue weighted by Crippen LogP contribution is -2.63. The molecular weight excluding hydrogens is 284 g/mol. The summed E-state index contributed by atoms with van der Waals surface area (Å²) < 4.78 is 1.11. The molecule has 110 valence electrons. The number of rotatable bonds is 1. The highest BCUT2D eigenvalue weighted by Gasteiger charge is 2.41. The first-order chi connectivity index (χ1) is 9.93. The van der Waals surface area contributed by atoms with E-state index in [0.717, 1.165) is 20.5 Å². The molecule has 5 heteroatoms. The summed E-state index contributed by atoms with van der Waals surface area (Å²) in [6, 6.07) is 8.02. The summed E-state index contributed by atoms with van der Waals surface area (Å²) in [6.45, 7) is 6.62. The molecule has 2 aromatic rings. The maximum atomic E-state index is 12.9. The number of carbonyl (C=O) groups excluding carboxylic acids is 2. The monoisotopic (exact) mass is 302 g/mol. The Morgan fingerprint density at radius 3 is 2.76 bits per heavy atom. The summed E-state index contributed by atoms with van der Waals surface area (Å²) in [5.41, 5.74) is 0.195. The van der Waals surface area contributed by atoms with E-state index in [0.29, 0.717) is 13.1 Å². The summed E-state index contributed by atoms with van der Waals surface area (Å²) >= 11 is 1.50. The number of aryl methyl sites for hydroxylation is 1. The number of benzene rings is 1. The number of nitrogens with zero attached hydrogens (tertiary/aromatic N) is 1. The lowest BCUT2D eigenvalue weighted by Gasteiger charge is -2.41. The maximum Gasteiger partial charge on any atom is 0.265 e. The highest BCUT2D eigenvalue weighted by atomic mass is 32.1. The Hall–Kier alpha value is -1.88. The molecule has 1 saturated heterocycles. The van der Waals surface area contributed by atoms with Gasteiger partial charge in [-0.25, -0.2) is 0 Å². The normalized spacial score (nSPS) is 17.9. The molecule has 4 nitrogen and oxygen atoms in total. The first-order valence-corrected chi connectivity index (χ1v) is 7.83. The van der Waals surface area contributed by atoms with Crippen LogP contribution in [0.1, 0.15) is 29.1 Å². The molecule has 1 aliphatic heterocycles. The summed E-state index contributed by atoms with van der Waals surface area (Å²) in [5, 5.41) is 3.94. The van der Waals surface area contributed by atoms with E-state index in [9.17, 15) is 9.59 Å². The minimum atomic E-state index is -0.808. The van der Waals surface area contributed by atoms with Gasteiger partial charge in [0.1, 0.15) is 5.54 Å². The first kappa shape index (κ1) is 14.1. The second-order valence-corrected chi connectivity index (χ2v) is 6.88. The zero-order valence-corrected chi connectivity index (χ0v) is 13.2. The lowest BCUT2D eigenvalue weighted by atomic mass is 9.98. The van der Waals surface area contributed by atoms with Crippen molar-refractivity contribution in [2.24, 2.45) is 0 Å². The molecule has 1 aromatic heterocycles. The van der Waals surface area contributed by atoms with Crippen molar-refractivity contribution in [1.82, 2.24) is 10.2 Å². The van der Waals surface area contributed by atoms with Crippen LogP contribution in [0.2, 0.25) is 0 Å². The van der Waals surface area contributed by atoms with E-state index in [1.807, 2.05) is 31.2 Å². The van der Waals surface area contributed by atoms with Gasteiger partial charge in [0.05, 0.1) is 4.88 Å². The number of hydrogen-bond acceptors (Lipinski definition) is 3. The van der Waals surface area contributed by atoms with Gasteiger partial charge in [0.25, 0.3) is 5.91 Å². The van der Waals surface area contributed by atoms with Crippen molar-refractivity contribution in [2.45, 2.75) is 26.3 Å². The molecule has 1 N–H and O–H groups in total. The molecule has 1 aliphatic rings. The Labute approximate surface area is 127 Å². The lowest BCUT2D eigenvalue weighted by molar-refractivity contribution is -0.133. The van der Waals surface area contributed by atoms with Crippen molar-refractivity contribution < 1.29 is 9.59 Å². The van der Waals surface area contributed by atoms with Crippen LogP contribution in [-0.2, 0) is 4.79 Å². The molecule has 0 saturated carbocycles. The van der Waals surface area contributed by atoms with Gasteiger partial charge in [-0.05, 0) is 37.8 Å². The summed E-state index contributed by atoms with van der Waals surface area (Å²) in [5.74, 6) is -0.144. The van der Waals surface area contributed by atoms with Crippen LogP contribution in [0.15, 0.2) is 24.3 Å². The van der Waals surface area contributed by atoms with Crippen LogP contribution in [0.25, 0.3) is 10.1 Å². The molecule has 0 aliphatic carbocycles. The average Bonchev–Trinajstić information content (AvgIpc) is 2.79. The second kappa shape index (κ2) is 4.84. The zero-order chi connectivity index (χ0) is 15.2. The van der Waals surface area contributed by atoms with E-state index in [2.05, 4.69) is 5.32 Å². The standard InChI is InChI=1S/C16H18N2O2S/c1-10-11-6-4-5-7-12(11)21-13(10)14(19)18-9-8-17-15(20)16(18,2)3/h4-7H,8-9H2,1-3H3,(H,17,20). The molecule has 0 radical (unpaired) electrons. The highest BCUT2D eigenvalue weighted by molar-refractivity contribution is 7.21. The van der Waals surface area contributed by atoms with Gasteiger partial charge in [-0.3, -0.25) is 9.59 Å². The van der Waals surface area contributed by atoms with Gasteiger partial charge >= 0.3 is 0 Å². The smallest absolute Gasteiger partial charge is 0.265 e. The average molecular weight is 302 g/mol. The van der Waals surface area contributed by atoms with Crippen LogP contribution in [0.5, 0.6) is 0 Å². The SMILES string of the molecule is Cc1c(C(=O)N2CCNC(=O)C2(C)C)sc2ccccc12. The predicted molar refractivity (Wildman–Crippen MR) is 84.7 cm³/mol. The van der Waals surface area contributed by atoms with Gasteiger partial charge in [0, 0.05) is 17.8 Å². The van der Waals surface area contributed by atoms with E-state index in [1.54, 1.807) is 18.7 Å². The van der Waals surface area contributed by atoms with Crippen molar-refractivity contribution in [3.63, 3.8) is 0 Å². The summed E-state index contributed by atoms with van der Waals surface area (Å²) in [7, 11) is 0. The number of amides is 2. The fraction of sp³-hybridized carbons (Fsp3) is 0.375. The van der Waals surface area contributed by atoms with Crippen molar-refractivity contribution in [1.29, 1.82) is 0 Å². The third-order valence-corrected chi connectivity index (χ3v) is 5.40. The van der Waals surface area contributed by atoms with Crippen LogP contribution >= 0.6 is 11.3 Å². The zero-order valence-electron chi connectivity index (χ0n) is 12.4. The second-order valence-electron chi connectivity index (χ2n) is 5.82. The molecule has 0 unspecified atom stereocenters. The number of hydrogen-bond donors (Lipinski definition) is 1. The minimum absolute atomic E-state index is 0.0476. The Bertz CT molecular complexity index is 733. The van der Waals surface area contributed by atoms with Gasteiger partial charge in [-0.2, -0.15) is 0 Å². The summed E-state index contributed by atoms with van der Waals surface area (Å²) in [4.78, 5) is 27.3. The van der Waals surface area contributed by atoms with Gasteiger partial charge in [0.2, 0.25) is 5.91 Å². The quantitative estimate of drug-likeness (QED) is 0.880. The fourth-order valence-electron chi connectivity index (χ4n) is 2.76. The molecule has 0 atom stereocenters. The number of nitrogens with one attached hydrogen (secondary N) is 1. The van der Waals surface area contributed by atoms with Crippen LogP contribution in [0.3, 0.4) is 0 Å². The predicted octanol–water partition coefficient (Wildman–Crippen LogP) is 2.56. The van der Waals surface area contributed by atoms with Crippen molar-refractivity contribution in [2.75, 3.05) is 13.1 Å². The summed E-state index contributed by atoms with van der Waals surface area (Å²) in [6.07, 6.45) is 0.